The minimum atomic E-state index is 0.941. The summed E-state index contributed by atoms with van der Waals surface area (Å²) in [6.45, 7) is 0.941. The molecule has 0 fully saturated rings. The van der Waals surface area contributed by atoms with Gasteiger partial charge in [0.2, 0.25) is 0 Å². The maximum Gasteiger partial charge on any atom is 0.0139 e. The van der Waals surface area contributed by atoms with Crippen molar-refractivity contribution in [1.82, 2.24) is 4.42 Å². The van der Waals surface area contributed by atoms with Gasteiger partial charge < -0.3 is 0 Å². The summed E-state index contributed by atoms with van der Waals surface area (Å²) in [7, 11) is 1.88. The van der Waals surface area contributed by atoms with Crippen LogP contribution in [0.4, 0.5) is 0 Å². The Morgan fingerprint density at radius 1 is 1.25 bits per heavy atom. The summed E-state index contributed by atoms with van der Waals surface area (Å²) in [5.74, 6) is 0. The second kappa shape index (κ2) is 5.18. The summed E-state index contributed by atoms with van der Waals surface area (Å²) in [6, 6.07) is 10.5. The number of aryl methyl sites for hydroxylation is 1. The Morgan fingerprint density at radius 2 is 1.92 bits per heavy atom. The molecule has 0 aliphatic heterocycles. The molecule has 1 aromatic carbocycles. The van der Waals surface area contributed by atoms with E-state index < -0.39 is 0 Å². The van der Waals surface area contributed by atoms with Crippen LogP contribution in [0.3, 0.4) is 0 Å². The van der Waals surface area contributed by atoms with Crippen LogP contribution in [0.1, 0.15) is 12.0 Å². The molecule has 0 aromatic heterocycles. The van der Waals surface area contributed by atoms with Crippen LogP contribution in [0, 0.1) is 0 Å². The van der Waals surface area contributed by atoms with Crippen LogP contribution in [0.2, 0.25) is 0 Å². The van der Waals surface area contributed by atoms with Gasteiger partial charge in [-0.25, -0.2) is 4.42 Å². The van der Waals surface area contributed by atoms with E-state index in [1.54, 1.807) is 4.42 Å². The quantitative estimate of drug-likeness (QED) is 0.649. The van der Waals surface area contributed by atoms with Gasteiger partial charge in [-0.05, 0) is 30.2 Å². The maximum atomic E-state index is 5.68. The number of hydrogen-bond donors (Lipinski definition) is 0. The molecule has 1 aromatic rings. The standard InChI is InChI=1S/C10H14ClN/c1-12(11)9-5-8-10-6-3-2-4-7-10/h2-4,6-7H,5,8-9H2,1H3. The number of nitrogens with zero attached hydrogens (tertiary/aromatic N) is 1. The second-order valence-corrected chi connectivity index (χ2v) is 3.49. The van der Waals surface area contributed by atoms with Crippen LogP contribution in [0.15, 0.2) is 30.3 Å². The minimum absolute atomic E-state index is 0.941. The van der Waals surface area contributed by atoms with Gasteiger partial charge >= 0.3 is 0 Å². The number of benzene rings is 1. The first kappa shape index (κ1) is 9.56. The smallest absolute Gasteiger partial charge is 0.0139 e. The van der Waals surface area contributed by atoms with Crippen molar-refractivity contribution in [2.45, 2.75) is 12.8 Å². The van der Waals surface area contributed by atoms with Gasteiger partial charge in [0.1, 0.15) is 0 Å². The molecular formula is C10H14ClN. The Kier molecular flexibility index (Phi) is 4.12. The molecule has 0 aliphatic rings. The molecule has 0 spiro atoms. The molecule has 1 nitrogen and oxygen atoms in total. The molecule has 0 saturated heterocycles. The summed E-state index contributed by atoms with van der Waals surface area (Å²) in [6.07, 6.45) is 2.22. The highest BCUT2D eigenvalue weighted by molar-refractivity contribution is 6.13. The van der Waals surface area contributed by atoms with Crippen LogP contribution >= 0.6 is 11.8 Å². The number of hydrogen-bond acceptors (Lipinski definition) is 1. The maximum absolute atomic E-state index is 5.68. The van der Waals surface area contributed by atoms with E-state index in [0.29, 0.717) is 0 Å². The molecule has 0 atom stereocenters. The van der Waals surface area contributed by atoms with E-state index >= 15 is 0 Å². The fourth-order valence-corrected chi connectivity index (χ4v) is 1.27. The summed E-state index contributed by atoms with van der Waals surface area (Å²) >= 11 is 5.68. The summed E-state index contributed by atoms with van der Waals surface area (Å²) in [5.41, 5.74) is 1.39. The third-order valence-corrected chi connectivity index (χ3v) is 1.94. The monoisotopic (exact) mass is 183 g/mol. The lowest BCUT2D eigenvalue weighted by Crippen LogP contribution is -2.07. The number of rotatable bonds is 4. The normalized spacial score (nSPS) is 10.6. The first-order valence-electron chi connectivity index (χ1n) is 4.20. The Morgan fingerprint density at radius 3 is 2.50 bits per heavy atom. The first-order chi connectivity index (χ1) is 5.79. The zero-order valence-electron chi connectivity index (χ0n) is 7.33. The highest BCUT2D eigenvalue weighted by atomic mass is 35.5. The summed E-state index contributed by atoms with van der Waals surface area (Å²) in [4.78, 5) is 0. The van der Waals surface area contributed by atoms with E-state index in [0.717, 1.165) is 19.4 Å². The highest BCUT2D eigenvalue weighted by Gasteiger charge is 1.93. The molecule has 2 heteroatoms. The Hall–Kier alpha value is -0.530. The van der Waals surface area contributed by atoms with Gasteiger partial charge in [-0.15, -0.1) is 0 Å². The largest absolute Gasteiger partial charge is 0.223 e. The summed E-state index contributed by atoms with van der Waals surface area (Å²) in [5, 5.41) is 0. The topological polar surface area (TPSA) is 3.24 Å². The Labute approximate surface area is 79.1 Å². The zero-order chi connectivity index (χ0) is 8.81. The van der Waals surface area contributed by atoms with Crippen LogP contribution in [-0.4, -0.2) is 18.0 Å². The Bertz CT molecular complexity index is 208. The van der Waals surface area contributed by atoms with Gasteiger partial charge in [0.05, 0.1) is 0 Å². The molecule has 0 saturated carbocycles. The first-order valence-corrected chi connectivity index (χ1v) is 4.53. The average Bonchev–Trinajstić information content (AvgIpc) is 2.05. The van der Waals surface area contributed by atoms with Gasteiger partial charge in [-0.1, -0.05) is 30.3 Å². The van der Waals surface area contributed by atoms with Gasteiger partial charge in [-0.3, -0.25) is 0 Å². The van der Waals surface area contributed by atoms with E-state index in [1.807, 2.05) is 13.1 Å². The molecule has 12 heavy (non-hydrogen) atoms. The van der Waals surface area contributed by atoms with E-state index in [2.05, 4.69) is 24.3 Å². The average molecular weight is 184 g/mol. The van der Waals surface area contributed by atoms with Crippen LogP contribution in [0.5, 0.6) is 0 Å². The minimum Gasteiger partial charge on any atom is -0.223 e. The molecule has 1 rings (SSSR count). The van der Waals surface area contributed by atoms with Crippen LogP contribution in [-0.2, 0) is 6.42 Å². The molecule has 0 heterocycles. The van der Waals surface area contributed by atoms with Crippen molar-refractivity contribution >= 4 is 11.8 Å². The third-order valence-electron chi connectivity index (χ3n) is 1.77. The molecule has 0 radical (unpaired) electrons. The molecule has 0 N–H and O–H groups in total. The predicted octanol–water partition coefficient (Wildman–Crippen LogP) is 2.70. The molecule has 0 bridgehead atoms. The van der Waals surface area contributed by atoms with Gasteiger partial charge in [0.15, 0.2) is 0 Å². The third kappa shape index (κ3) is 3.74. The molecule has 66 valence electrons. The fourth-order valence-electron chi connectivity index (χ4n) is 1.15. The lowest BCUT2D eigenvalue weighted by Gasteiger charge is -2.05. The SMILES string of the molecule is CN(Cl)CCCc1ccccc1. The lowest BCUT2D eigenvalue weighted by molar-refractivity contribution is 0.527. The van der Waals surface area contributed by atoms with Gasteiger partial charge in [0, 0.05) is 13.6 Å². The van der Waals surface area contributed by atoms with Crippen molar-refractivity contribution in [3.05, 3.63) is 35.9 Å². The van der Waals surface area contributed by atoms with Crippen molar-refractivity contribution in [2.24, 2.45) is 0 Å². The van der Waals surface area contributed by atoms with Crippen molar-refractivity contribution in [1.29, 1.82) is 0 Å². The van der Waals surface area contributed by atoms with Gasteiger partial charge in [0.25, 0.3) is 0 Å². The van der Waals surface area contributed by atoms with Crippen molar-refractivity contribution in [3.63, 3.8) is 0 Å². The molecule has 0 aliphatic carbocycles. The van der Waals surface area contributed by atoms with Gasteiger partial charge in [-0.2, -0.15) is 0 Å². The van der Waals surface area contributed by atoms with Crippen molar-refractivity contribution < 1.29 is 0 Å². The Balaban J connectivity index is 2.25. The van der Waals surface area contributed by atoms with E-state index in [1.165, 1.54) is 5.56 Å². The second-order valence-electron chi connectivity index (χ2n) is 2.92. The van der Waals surface area contributed by atoms with Crippen molar-refractivity contribution in [3.8, 4) is 0 Å². The van der Waals surface area contributed by atoms with Crippen LogP contribution in [0.25, 0.3) is 0 Å². The molecule has 0 unspecified atom stereocenters. The predicted molar refractivity (Wildman–Crippen MR) is 53.2 cm³/mol. The molecular weight excluding hydrogens is 170 g/mol. The van der Waals surface area contributed by atoms with E-state index in [9.17, 15) is 0 Å². The molecule has 0 amide bonds. The lowest BCUT2D eigenvalue weighted by atomic mass is 10.1. The van der Waals surface area contributed by atoms with Crippen molar-refractivity contribution in [2.75, 3.05) is 13.6 Å². The van der Waals surface area contributed by atoms with E-state index in [-0.39, 0.29) is 0 Å². The van der Waals surface area contributed by atoms with E-state index in [4.69, 9.17) is 11.8 Å². The fraction of sp³-hybridized carbons (Fsp3) is 0.400. The highest BCUT2D eigenvalue weighted by Crippen LogP contribution is 2.03. The van der Waals surface area contributed by atoms with Crippen LogP contribution < -0.4 is 0 Å². The number of halogens is 1. The summed E-state index contributed by atoms with van der Waals surface area (Å²) < 4.78 is 1.70. The zero-order valence-corrected chi connectivity index (χ0v) is 8.09.